The molecule has 36 heavy (non-hydrogen) atoms. The molecule has 1 aliphatic rings. The molecule has 1 N–H and O–H groups in total. The van der Waals surface area contributed by atoms with E-state index in [4.69, 9.17) is 25.8 Å². The monoisotopic (exact) mass is 543 g/mol. The summed E-state index contributed by atoms with van der Waals surface area (Å²) in [6, 6.07) is 5.99. The maximum absolute atomic E-state index is 13.4. The van der Waals surface area contributed by atoms with Crippen LogP contribution in [-0.2, 0) is 42.3 Å². The highest BCUT2D eigenvalue weighted by Gasteiger charge is 2.53. The van der Waals surface area contributed by atoms with Crippen LogP contribution in [-0.4, -0.2) is 42.9 Å². The smallest absolute Gasteiger partial charge is 0.311 e. The second-order valence-corrected chi connectivity index (χ2v) is 14.8. The molecule has 206 valence electrons. The number of carbonyl (C=O) groups excluding carboxylic acids is 1. The lowest BCUT2D eigenvalue weighted by molar-refractivity contribution is -0.155. The van der Waals surface area contributed by atoms with Crippen molar-refractivity contribution in [3.63, 3.8) is 0 Å². The van der Waals surface area contributed by atoms with Gasteiger partial charge in [0.15, 0.2) is 0 Å². The minimum atomic E-state index is -1.42. The Labute approximate surface area is 226 Å². The van der Waals surface area contributed by atoms with Crippen molar-refractivity contribution in [3.05, 3.63) is 34.3 Å². The predicted molar refractivity (Wildman–Crippen MR) is 147 cm³/mol. The number of rotatable bonds is 12. The van der Waals surface area contributed by atoms with Gasteiger partial charge in [-0.25, -0.2) is 0 Å². The number of hydrogen-bond donors (Lipinski definition) is 1. The molecule has 3 atom stereocenters. The maximum atomic E-state index is 13.4. The van der Waals surface area contributed by atoms with Crippen LogP contribution < -0.4 is 4.72 Å². The highest BCUT2D eigenvalue weighted by atomic mass is 35.5. The Morgan fingerprint density at radius 2 is 1.81 bits per heavy atom. The summed E-state index contributed by atoms with van der Waals surface area (Å²) in [6.07, 6.45) is 3.52. The Morgan fingerprint density at radius 1 is 1.17 bits per heavy atom. The van der Waals surface area contributed by atoms with Gasteiger partial charge in [0.25, 0.3) is 0 Å². The van der Waals surface area contributed by atoms with Gasteiger partial charge < -0.3 is 18.8 Å². The molecule has 0 spiro atoms. The average Bonchev–Trinajstić information content (AvgIpc) is 2.74. The van der Waals surface area contributed by atoms with E-state index in [1.165, 1.54) is 7.11 Å². The molecule has 0 aromatic heterocycles. The summed E-state index contributed by atoms with van der Waals surface area (Å²) < 4.78 is 32.0. The van der Waals surface area contributed by atoms with Crippen molar-refractivity contribution in [2.75, 3.05) is 27.6 Å². The molecule has 8 heteroatoms. The van der Waals surface area contributed by atoms with Crippen molar-refractivity contribution in [1.82, 2.24) is 4.72 Å². The van der Waals surface area contributed by atoms with Crippen LogP contribution in [0.25, 0.3) is 0 Å². The van der Waals surface area contributed by atoms with Gasteiger partial charge in [0.1, 0.15) is 11.5 Å². The van der Waals surface area contributed by atoms with E-state index < -0.39 is 27.6 Å². The van der Waals surface area contributed by atoms with Crippen LogP contribution in [0.5, 0.6) is 0 Å². The zero-order valence-electron chi connectivity index (χ0n) is 23.5. The van der Waals surface area contributed by atoms with Crippen molar-refractivity contribution in [2.45, 2.75) is 84.4 Å². The van der Waals surface area contributed by atoms with Gasteiger partial charge in [-0.15, -0.1) is 4.72 Å². The highest BCUT2D eigenvalue weighted by Crippen LogP contribution is 2.48. The van der Waals surface area contributed by atoms with Gasteiger partial charge in [0.05, 0.1) is 25.2 Å². The fraction of sp³-hybridized carbons (Fsp3) is 0.750. The van der Waals surface area contributed by atoms with E-state index in [0.29, 0.717) is 17.5 Å². The molecule has 2 rings (SSSR count). The lowest BCUT2D eigenvalue weighted by Crippen LogP contribution is -2.58. The van der Waals surface area contributed by atoms with Crippen LogP contribution in [0.3, 0.4) is 0 Å². The Balaban J connectivity index is 2.42. The quantitative estimate of drug-likeness (QED) is 0.150. The second-order valence-electron chi connectivity index (χ2n) is 12.4. The Morgan fingerprint density at radius 3 is 2.31 bits per heavy atom. The number of methoxy groups -OCH3 is 2. The minimum absolute atomic E-state index is 0.0578. The van der Waals surface area contributed by atoms with Crippen molar-refractivity contribution in [2.24, 2.45) is 23.2 Å². The molecular weight excluding hydrogens is 498 g/mol. The van der Waals surface area contributed by atoms with Crippen LogP contribution in [0.1, 0.15) is 78.9 Å². The molecule has 0 aliphatic heterocycles. The summed E-state index contributed by atoms with van der Waals surface area (Å²) in [5.74, 6) is -0.450. The molecule has 1 aromatic carbocycles. The molecule has 1 aliphatic carbocycles. The summed E-state index contributed by atoms with van der Waals surface area (Å²) in [7, 11) is 3.01. The number of hydrogen-bond acceptors (Lipinski definition) is 6. The van der Waals surface area contributed by atoms with E-state index in [9.17, 15) is 9.35 Å². The maximum Gasteiger partial charge on any atom is 0.311 e. The van der Waals surface area contributed by atoms with E-state index >= 15 is 0 Å². The lowest BCUT2D eigenvalue weighted by Gasteiger charge is -2.47. The van der Waals surface area contributed by atoms with Crippen LogP contribution in [0.15, 0.2) is 18.2 Å². The third kappa shape index (κ3) is 8.34. The third-order valence-electron chi connectivity index (χ3n) is 7.03. The molecule has 1 saturated carbocycles. The first-order chi connectivity index (χ1) is 16.6. The van der Waals surface area contributed by atoms with E-state index in [1.54, 1.807) is 7.11 Å². The van der Waals surface area contributed by atoms with E-state index in [2.05, 4.69) is 25.5 Å². The molecule has 1 aromatic rings. The fourth-order valence-corrected chi connectivity index (χ4v) is 5.96. The molecule has 0 radical (unpaired) electrons. The molecule has 0 bridgehead atoms. The van der Waals surface area contributed by atoms with Crippen LogP contribution in [0.4, 0.5) is 0 Å². The molecular formula is C28H46ClNO5S. The standard InChI is InChI=1S/C28H46ClNO5S/c1-26(2,3)13-12-20-10-11-22(16-23(20)29)28(7,30-36(32)27(4,5)6)24(25(31)34-9)21-14-19(15-21)17-35-18-33-8/h10-11,16,19,21,24,30H,12-15,17-18H2,1-9H3/t19?,21?,24-,28?,36?/m0/s1. The van der Waals surface area contributed by atoms with Gasteiger partial charge in [0, 0.05) is 23.5 Å². The van der Waals surface area contributed by atoms with Gasteiger partial charge >= 0.3 is 5.97 Å². The Kier molecular flexibility index (Phi) is 11.2. The minimum Gasteiger partial charge on any atom is -0.598 e. The number of aryl methyl sites for hydroxylation is 1. The van der Waals surface area contributed by atoms with Crippen molar-refractivity contribution < 1.29 is 23.6 Å². The zero-order chi connectivity index (χ0) is 27.3. The predicted octanol–water partition coefficient (Wildman–Crippen LogP) is 6.02. The van der Waals surface area contributed by atoms with Crippen LogP contribution in [0.2, 0.25) is 5.02 Å². The van der Waals surface area contributed by atoms with Gasteiger partial charge in [0.2, 0.25) is 0 Å². The van der Waals surface area contributed by atoms with Crippen molar-refractivity contribution >= 4 is 28.9 Å². The number of ether oxygens (including phenoxy) is 3. The number of halogens is 1. The first-order valence-electron chi connectivity index (χ1n) is 12.8. The Hall–Kier alpha value is -0.830. The number of nitrogens with one attached hydrogen (secondary N) is 1. The van der Waals surface area contributed by atoms with Crippen molar-refractivity contribution in [3.8, 4) is 0 Å². The molecule has 6 nitrogen and oxygen atoms in total. The van der Waals surface area contributed by atoms with Crippen LogP contribution in [0, 0.1) is 23.2 Å². The van der Waals surface area contributed by atoms with Gasteiger partial charge in [-0.3, -0.25) is 4.79 Å². The van der Waals surface area contributed by atoms with Gasteiger partial charge in [-0.1, -0.05) is 44.5 Å². The molecule has 0 heterocycles. The van der Waals surface area contributed by atoms with E-state index in [-0.39, 0.29) is 24.1 Å². The molecule has 2 unspecified atom stereocenters. The number of carbonyl (C=O) groups is 1. The largest absolute Gasteiger partial charge is 0.598 e. The van der Waals surface area contributed by atoms with Gasteiger partial charge in [-0.05, 0) is 87.8 Å². The average molecular weight is 544 g/mol. The number of benzene rings is 1. The first-order valence-corrected chi connectivity index (χ1v) is 14.3. The molecule has 0 amide bonds. The summed E-state index contributed by atoms with van der Waals surface area (Å²) >= 11 is 5.36. The van der Waals surface area contributed by atoms with Crippen molar-refractivity contribution in [1.29, 1.82) is 0 Å². The fourth-order valence-electron chi connectivity index (χ4n) is 4.75. The zero-order valence-corrected chi connectivity index (χ0v) is 25.1. The van der Waals surface area contributed by atoms with E-state index in [1.807, 2.05) is 45.9 Å². The highest BCUT2D eigenvalue weighted by molar-refractivity contribution is 7.90. The first kappa shape index (κ1) is 31.4. The molecule has 1 fully saturated rings. The summed E-state index contributed by atoms with van der Waals surface area (Å²) in [4.78, 5) is 13.3. The third-order valence-corrected chi connectivity index (χ3v) is 9.11. The van der Waals surface area contributed by atoms with Gasteiger partial charge in [-0.2, -0.15) is 0 Å². The van der Waals surface area contributed by atoms with E-state index in [0.717, 1.165) is 36.8 Å². The molecule has 0 saturated heterocycles. The van der Waals surface area contributed by atoms with Crippen LogP contribution >= 0.6 is 11.6 Å². The lowest BCUT2D eigenvalue weighted by atomic mass is 9.62. The second kappa shape index (κ2) is 12.8. The summed E-state index contributed by atoms with van der Waals surface area (Å²) in [5, 5.41) is 0.661. The normalized spacial score (nSPS) is 21.9. The number of esters is 1. The topological polar surface area (TPSA) is 79.9 Å². The summed E-state index contributed by atoms with van der Waals surface area (Å²) in [5.41, 5.74) is 1.16. The Bertz CT molecular complexity index is 862. The SMILES string of the molecule is COCOCC1CC([C@@H](C(=O)OC)C(C)(N[S+]([O-])C(C)(C)C)c2ccc(CCC(C)(C)C)c(Cl)c2)C1. The summed E-state index contributed by atoms with van der Waals surface area (Å²) in [6.45, 7) is 15.2.